The molecule has 3 N–H and O–H groups in total. The average molecular weight is 261 g/mol. The fourth-order valence-electron chi connectivity index (χ4n) is 0.999. The predicted octanol–water partition coefficient (Wildman–Crippen LogP) is 2.07. The van der Waals surface area contributed by atoms with Gasteiger partial charge < -0.3 is 15.7 Å². The van der Waals surface area contributed by atoms with Gasteiger partial charge in [-0.1, -0.05) is 11.6 Å². The van der Waals surface area contributed by atoms with E-state index in [1.54, 1.807) is 0 Å². The fraction of sp³-hybridized carbons (Fsp3) is 0.200. The number of hydrogen-bond donors (Lipinski definition) is 3. The zero-order chi connectivity index (χ0) is 13.0. The van der Waals surface area contributed by atoms with Crippen LogP contribution in [0.1, 0.15) is 6.92 Å². The van der Waals surface area contributed by atoms with Crippen LogP contribution in [0.3, 0.4) is 0 Å². The molecule has 1 unspecified atom stereocenters. The minimum Gasteiger partial charge on any atom is -0.480 e. The minimum absolute atomic E-state index is 0.0603. The quantitative estimate of drug-likeness (QED) is 0.778. The molecule has 1 atom stereocenters. The lowest BCUT2D eigenvalue weighted by molar-refractivity contribution is -0.138. The molecule has 0 aliphatic rings. The van der Waals surface area contributed by atoms with Crippen LogP contribution in [0, 0.1) is 5.82 Å². The molecule has 1 rings (SSSR count). The van der Waals surface area contributed by atoms with E-state index in [9.17, 15) is 14.0 Å². The molecule has 0 spiro atoms. The second-order valence-electron chi connectivity index (χ2n) is 3.29. The number of carboxylic acid groups (broad SMARTS) is 1. The second-order valence-corrected chi connectivity index (χ2v) is 3.69. The van der Waals surface area contributed by atoms with E-state index in [-0.39, 0.29) is 10.7 Å². The topological polar surface area (TPSA) is 78.4 Å². The van der Waals surface area contributed by atoms with Crippen molar-refractivity contribution >= 4 is 29.3 Å². The summed E-state index contributed by atoms with van der Waals surface area (Å²) < 4.78 is 13.0. The standard InChI is InChI=1S/C10H10ClFN2O3/c1-5(9(15)16)13-10(17)14-6-2-3-7(11)8(12)4-6/h2-5H,1H3,(H,15,16)(H2,13,14,17). The normalized spacial score (nSPS) is 11.7. The maximum absolute atomic E-state index is 13.0. The molecule has 2 amide bonds. The van der Waals surface area contributed by atoms with E-state index in [1.165, 1.54) is 19.1 Å². The molecule has 0 bridgehead atoms. The van der Waals surface area contributed by atoms with Gasteiger partial charge in [-0.15, -0.1) is 0 Å². The van der Waals surface area contributed by atoms with E-state index in [0.29, 0.717) is 0 Å². The third-order valence-corrected chi connectivity index (χ3v) is 2.20. The van der Waals surface area contributed by atoms with Crippen LogP contribution in [0.25, 0.3) is 0 Å². The largest absolute Gasteiger partial charge is 0.480 e. The summed E-state index contributed by atoms with van der Waals surface area (Å²) >= 11 is 5.46. The van der Waals surface area contributed by atoms with Crippen LogP contribution >= 0.6 is 11.6 Å². The molecule has 5 nitrogen and oxygen atoms in total. The minimum atomic E-state index is -1.16. The Kier molecular flexibility index (Phi) is 4.28. The number of carbonyl (C=O) groups excluding carboxylic acids is 1. The molecular weight excluding hydrogens is 251 g/mol. The molecule has 0 aliphatic heterocycles. The Labute approximate surface area is 102 Å². The Bertz CT molecular complexity index is 453. The Morgan fingerprint density at radius 2 is 2.12 bits per heavy atom. The Morgan fingerprint density at radius 1 is 1.47 bits per heavy atom. The molecule has 1 aromatic carbocycles. The van der Waals surface area contributed by atoms with Gasteiger partial charge in [0.05, 0.1) is 5.02 Å². The first kappa shape index (κ1) is 13.2. The molecule has 17 heavy (non-hydrogen) atoms. The van der Waals surface area contributed by atoms with Crippen LogP contribution in [-0.4, -0.2) is 23.1 Å². The van der Waals surface area contributed by atoms with Gasteiger partial charge in [-0.25, -0.2) is 9.18 Å². The van der Waals surface area contributed by atoms with Gasteiger partial charge >= 0.3 is 12.0 Å². The van der Waals surface area contributed by atoms with E-state index in [0.717, 1.165) is 6.07 Å². The highest BCUT2D eigenvalue weighted by Crippen LogP contribution is 2.18. The van der Waals surface area contributed by atoms with Crippen LogP contribution in [0.5, 0.6) is 0 Å². The molecule has 0 heterocycles. The van der Waals surface area contributed by atoms with E-state index in [2.05, 4.69) is 10.6 Å². The number of hydrogen-bond acceptors (Lipinski definition) is 2. The van der Waals surface area contributed by atoms with Crippen LogP contribution < -0.4 is 10.6 Å². The maximum atomic E-state index is 13.0. The first-order valence-electron chi connectivity index (χ1n) is 4.65. The van der Waals surface area contributed by atoms with E-state index < -0.39 is 23.9 Å². The SMILES string of the molecule is CC(NC(=O)Nc1ccc(Cl)c(F)c1)C(=O)O. The summed E-state index contributed by atoms with van der Waals surface area (Å²) in [5, 5.41) is 12.9. The lowest BCUT2D eigenvalue weighted by atomic mass is 10.3. The number of benzene rings is 1. The first-order chi connectivity index (χ1) is 7.90. The van der Waals surface area contributed by atoms with Crippen LogP contribution in [0.4, 0.5) is 14.9 Å². The van der Waals surface area contributed by atoms with E-state index in [1.807, 2.05) is 0 Å². The number of nitrogens with one attached hydrogen (secondary N) is 2. The number of carbonyl (C=O) groups is 2. The zero-order valence-electron chi connectivity index (χ0n) is 8.83. The van der Waals surface area contributed by atoms with Crippen LogP contribution in [0.2, 0.25) is 5.02 Å². The summed E-state index contributed by atoms with van der Waals surface area (Å²) in [5.41, 5.74) is 0.182. The maximum Gasteiger partial charge on any atom is 0.325 e. The lowest BCUT2D eigenvalue weighted by Gasteiger charge is -2.10. The van der Waals surface area contributed by atoms with Crippen molar-refractivity contribution in [3.8, 4) is 0 Å². The van der Waals surface area contributed by atoms with E-state index in [4.69, 9.17) is 16.7 Å². The monoisotopic (exact) mass is 260 g/mol. The van der Waals surface area contributed by atoms with Gasteiger partial charge in [-0.05, 0) is 25.1 Å². The predicted molar refractivity (Wildman–Crippen MR) is 60.7 cm³/mol. The number of amides is 2. The van der Waals surface area contributed by atoms with Gasteiger partial charge in [0.15, 0.2) is 0 Å². The van der Waals surface area contributed by atoms with E-state index >= 15 is 0 Å². The summed E-state index contributed by atoms with van der Waals surface area (Å²) in [4.78, 5) is 21.7. The summed E-state index contributed by atoms with van der Waals surface area (Å²) in [7, 11) is 0. The number of urea groups is 1. The van der Waals surface area contributed by atoms with Crippen molar-refractivity contribution in [2.75, 3.05) is 5.32 Å². The van der Waals surface area contributed by atoms with Gasteiger partial charge in [-0.3, -0.25) is 4.79 Å². The Hall–Kier alpha value is -1.82. The molecule has 0 aliphatic carbocycles. The Balaban J connectivity index is 2.62. The molecule has 7 heteroatoms. The van der Waals surface area contributed by atoms with Crippen LogP contribution in [-0.2, 0) is 4.79 Å². The third kappa shape index (κ3) is 3.92. The van der Waals surface area contributed by atoms with Crippen molar-refractivity contribution < 1.29 is 19.1 Å². The highest BCUT2D eigenvalue weighted by Gasteiger charge is 2.13. The van der Waals surface area contributed by atoms with Gasteiger partial charge in [0.1, 0.15) is 11.9 Å². The number of carboxylic acids is 1. The number of anilines is 1. The van der Waals surface area contributed by atoms with Gasteiger partial charge in [0.2, 0.25) is 0 Å². The highest BCUT2D eigenvalue weighted by atomic mass is 35.5. The van der Waals surface area contributed by atoms with Crippen molar-refractivity contribution in [3.63, 3.8) is 0 Å². The second kappa shape index (κ2) is 5.49. The molecule has 0 aromatic heterocycles. The van der Waals surface area contributed by atoms with Gasteiger partial charge in [0, 0.05) is 5.69 Å². The molecule has 1 aromatic rings. The van der Waals surface area contributed by atoms with Crippen molar-refractivity contribution in [2.45, 2.75) is 13.0 Å². The summed E-state index contributed by atoms with van der Waals surface area (Å²) in [5.74, 6) is -1.84. The number of rotatable bonds is 3. The molecule has 0 fully saturated rings. The summed E-state index contributed by atoms with van der Waals surface area (Å²) in [6.45, 7) is 1.31. The smallest absolute Gasteiger partial charge is 0.325 e. The van der Waals surface area contributed by atoms with Crippen molar-refractivity contribution in [2.24, 2.45) is 0 Å². The van der Waals surface area contributed by atoms with Gasteiger partial charge in [-0.2, -0.15) is 0 Å². The molecular formula is C10H10ClFN2O3. The zero-order valence-corrected chi connectivity index (χ0v) is 9.58. The Morgan fingerprint density at radius 3 is 2.65 bits per heavy atom. The average Bonchev–Trinajstić information content (AvgIpc) is 2.23. The fourth-order valence-corrected chi connectivity index (χ4v) is 1.12. The lowest BCUT2D eigenvalue weighted by Crippen LogP contribution is -2.40. The molecule has 0 radical (unpaired) electrons. The van der Waals surface area contributed by atoms with Gasteiger partial charge in [0.25, 0.3) is 0 Å². The highest BCUT2D eigenvalue weighted by molar-refractivity contribution is 6.30. The van der Waals surface area contributed by atoms with Crippen LogP contribution in [0.15, 0.2) is 18.2 Å². The third-order valence-electron chi connectivity index (χ3n) is 1.90. The molecule has 92 valence electrons. The van der Waals surface area contributed by atoms with Crippen molar-refractivity contribution in [3.05, 3.63) is 29.0 Å². The number of halogens is 2. The first-order valence-corrected chi connectivity index (χ1v) is 5.03. The summed E-state index contributed by atoms with van der Waals surface area (Å²) in [6, 6.07) is 1.95. The molecule has 0 saturated heterocycles. The summed E-state index contributed by atoms with van der Waals surface area (Å²) in [6.07, 6.45) is 0. The molecule has 0 saturated carbocycles. The van der Waals surface area contributed by atoms with Crippen molar-refractivity contribution in [1.82, 2.24) is 5.32 Å². The number of aliphatic carboxylic acids is 1. The van der Waals surface area contributed by atoms with Crippen molar-refractivity contribution in [1.29, 1.82) is 0 Å².